The Morgan fingerprint density at radius 3 is 2.47 bits per heavy atom. The molecule has 0 bridgehead atoms. The predicted octanol–water partition coefficient (Wildman–Crippen LogP) is 2.76. The summed E-state index contributed by atoms with van der Waals surface area (Å²) in [5.74, 6) is 1.59. The van der Waals surface area contributed by atoms with Gasteiger partial charge < -0.3 is 24.2 Å². The number of aliphatic hydroxyl groups is 1. The van der Waals surface area contributed by atoms with Gasteiger partial charge in [-0.3, -0.25) is 4.79 Å². The van der Waals surface area contributed by atoms with Crippen molar-refractivity contribution in [3.8, 4) is 17.0 Å². The number of aliphatic hydroxyl groups excluding tert-OH is 1. The summed E-state index contributed by atoms with van der Waals surface area (Å²) in [5, 5.41) is 14.2. The number of hydrogen-bond acceptors (Lipinski definition) is 7. The first-order valence-electron chi connectivity index (χ1n) is 9.85. The standard InChI is InChI=1S/C22H24N4O4/c1-15(27)21-19(20(24-30-21)16-6-8-17(29-2)9-7-16)22(28)26-13-11-25(12-14-26)18-5-3-4-10-23-18/h3-10,15,27H,11-14H2,1-2H3. The van der Waals surface area contributed by atoms with E-state index >= 15 is 0 Å². The van der Waals surface area contributed by atoms with Crippen molar-refractivity contribution in [3.05, 3.63) is 60.0 Å². The summed E-state index contributed by atoms with van der Waals surface area (Å²) in [6.45, 7) is 4.00. The van der Waals surface area contributed by atoms with Crippen LogP contribution in [0.4, 0.5) is 5.82 Å². The minimum atomic E-state index is -0.946. The summed E-state index contributed by atoms with van der Waals surface area (Å²) in [7, 11) is 1.59. The van der Waals surface area contributed by atoms with Gasteiger partial charge in [0.05, 0.1) is 7.11 Å². The zero-order valence-corrected chi connectivity index (χ0v) is 17.0. The number of carbonyl (C=O) groups is 1. The highest BCUT2D eigenvalue weighted by Gasteiger charge is 2.31. The topological polar surface area (TPSA) is 91.9 Å². The number of ether oxygens (including phenoxy) is 1. The van der Waals surface area contributed by atoms with Gasteiger partial charge in [-0.2, -0.15) is 0 Å². The normalized spacial score (nSPS) is 15.2. The second-order valence-corrected chi connectivity index (χ2v) is 7.14. The summed E-state index contributed by atoms with van der Waals surface area (Å²) in [6, 6.07) is 13.0. The summed E-state index contributed by atoms with van der Waals surface area (Å²) >= 11 is 0. The zero-order chi connectivity index (χ0) is 21.1. The Labute approximate surface area is 174 Å². The Kier molecular flexibility index (Phi) is 5.67. The molecule has 8 heteroatoms. The van der Waals surface area contributed by atoms with E-state index in [0.717, 1.165) is 11.4 Å². The molecule has 1 fully saturated rings. The largest absolute Gasteiger partial charge is 0.497 e. The van der Waals surface area contributed by atoms with Crippen molar-refractivity contribution >= 4 is 11.7 Å². The number of pyridine rings is 1. The fourth-order valence-corrected chi connectivity index (χ4v) is 3.58. The lowest BCUT2D eigenvalue weighted by Crippen LogP contribution is -2.49. The van der Waals surface area contributed by atoms with Gasteiger partial charge in [0.15, 0.2) is 5.76 Å². The number of benzene rings is 1. The third-order valence-corrected chi connectivity index (χ3v) is 5.22. The number of rotatable bonds is 5. The highest BCUT2D eigenvalue weighted by atomic mass is 16.5. The number of aromatic nitrogens is 2. The van der Waals surface area contributed by atoms with Gasteiger partial charge >= 0.3 is 0 Å². The molecule has 0 saturated carbocycles. The average molecular weight is 408 g/mol. The molecule has 1 unspecified atom stereocenters. The molecule has 1 N–H and O–H groups in total. The fourth-order valence-electron chi connectivity index (χ4n) is 3.58. The monoisotopic (exact) mass is 408 g/mol. The lowest BCUT2D eigenvalue weighted by Gasteiger charge is -2.35. The van der Waals surface area contributed by atoms with Crippen LogP contribution in [-0.4, -0.2) is 59.3 Å². The van der Waals surface area contributed by atoms with Crippen molar-refractivity contribution in [2.75, 3.05) is 38.2 Å². The first kappa shape index (κ1) is 19.9. The van der Waals surface area contributed by atoms with E-state index in [1.807, 2.05) is 30.3 Å². The van der Waals surface area contributed by atoms with E-state index in [2.05, 4.69) is 15.0 Å². The van der Waals surface area contributed by atoms with Gasteiger partial charge in [-0.1, -0.05) is 11.2 Å². The number of carbonyl (C=O) groups excluding carboxylic acids is 1. The second-order valence-electron chi connectivity index (χ2n) is 7.14. The first-order valence-corrected chi connectivity index (χ1v) is 9.85. The number of anilines is 1. The molecule has 8 nitrogen and oxygen atoms in total. The highest BCUT2D eigenvalue weighted by Crippen LogP contribution is 2.31. The first-order chi connectivity index (χ1) is 14.6. The van der Waals surface area contributed by atoms with E-state index in [9.17, 15) is 9.90 Å². The predicted molar refractivity (Wildman–Crippen MR) is 111 cm³/mol. The smallest absolute Gasteiger partial charge is 0.259 e. The maximum Gasteiger partial charge on any atom is 0.259 e. The van der Waals surface area contributed by atoms with E-state index < -0.39 is 6.10 Å². The van der Waals surface area contributed by atoms with Crippen LogP contribution >= 0.6 is 0 Å². The summed E-state index contributed by atoms with van der Waals surface area (Å²) in [6.07, 6.45) is 0.818. The lowest BCUT2D eigenvalue weighted by molar-refractivity contribution is 0.0735. The van der Waals surface area contributed by atoms with E-state index in [4.69, 9.17) is 9.26 Å². The number of amides is 1. The molecule has 30 heavy (non-hydrogen) atoms. The van der Waals surface area contributed by atoms with Crippen molar-refractivity contribution in [1.82, 2.24) is 15.0 Å². The van der Waals surface area contributed by atoms with Crippen molar-refractivity contribution in [2.45, 2.75) is 13.0 Å². The third-order valence-electron chi connectivity index (χ3n) is 5.22. The average Bonchev–Trinajstić information content (AvgIpc) is 3.25. The molecule has 0 spiro atoms. The van der Waals surface area contributed by atoms with Crippen LogP contribution in [0, 0.1) is 0 Å². The Hall–Kier alpha value is -3.39. The molecule has 0 aliphatic carbocycles. The van der Waals surface area contributed by atoms with Crippen molar-refractivity contribution in [1.29, 1.82) is 0 Å². The second kappa shape index (κ2) is 8.54. The van der Waals surface area contributed by atoms with Crippen LogP contribution in [0.3, 0.4) is 0 Å². The van der Waals surface area contributed by atoms with Gasteiger partial charge in [-0.05, 0) is 43.3 Å². The molecule has 1 atom stereocenters. The summed E-state index contributed by atoms with van der Waals surface area (Å²) < 4.78 is 10.6. The Bertz CT molecular complexity index is 994. The van der Waals surface area contributed by atoms with Crippen LogP contribution in [-0.2, 0) is 0 Å². The van der Waals surface area contributed by atoms with Gasteiger partial charge in [0.1, 0.15) is 28.9 Å². The minimum absolute atomic E-state index is 0.179. The molecular formula is C22H24N4O4. The van der Waals surface area contributed by atoms with Crippen molar-refractivity contribution < 1.29 is 19.2 Å². The SMILES string of the molecule is COc1ccc(-c2noc(C(C)O)c2C(=O)N2CCN(c3ccccn3)CC2)cc1. The molecule has 2 aromatic heterocycles. The Balaban J connectivity index is 1.58. The molecule has 1 saturated heterocycles. The van der Waals surface area contributed by atoms with Crippen molar-refractivity contribution in [3.63, 3.8) is 0 Å². The van der Waals surface area contributed by atoms with Crippen LogP contribution in [0.5, 0.6) is 5.75 Å². The molecule has 1 aliphatic rings. The third kappa shape index (κ3) is 3.86. The highest BCUT2D eigenvalue weighted by molar-refractivity contribution is 6.01. The van der Waals surface area contributed by atoms with Crippen LogP contribution in [0.25, 0.3) is 11.3 Å². The van der Waals surface area contributed by atoms with E-state index in [0.29, 0.717) is 43.2 Å². The molecular weight excluding hydrogens is 384 g/mol. The summed E-state index contributed by atoms with van der Waals surface area (Å²) in [4.78, 5) is 21.7. The molecule has 3 heterocycles. The molecule has 4 rings (SSSR count). The number of hydrogen-bond donors (Lipinski definition) is 1. The van der Waals surface area contributed by atoms with Gasteiger partial charge in [0.2, 0.25) is 0 Å². The van der Waals surface area contributed by atoms with Crippen molar-refractivity contribution in [2.24, 2.45) is 0 Å². The van der Waals surface area contributed by atoms with Crippen LogP contribution in [0.15, 0.2) is 53.2 Å². The molecule has 156 valence electrons. The maximum absolute atomic E-state index is 13.4. The number of piperazine rings is 1. The minimum Gasteiger partial charge on any atom is -0.497 e. The molecule has 0 radical (unpaired) electrons. The van der Waals surface area contributed by atoms with Gasteiger partial charge in [-0.15, -0.1) is 0 Å². The molecule has 1 aliphatic heterocycles. The van der Waals surface area contributed by atoms with Crippen LogP contribution in [0.1, 0.15) is 29.1 Å². The van der Waals surface area contributed by atoms with E-state index in [-0.39, 0.29) is 11.7 Å². The Morgan fingerprint density at radius 1 is 1.13 bits per heavy atom. The zero-order valence-electron chi connectivity index (χ0n) is 17.0. The maximum atomic E-state index is 13.4. The van der Waals surface area contributed by atoms with Gasteiger partial charge in [0, 0.05) is 37.9 Å². The van der Waals surface area contributed by atoms with Gasteiger partial charge in [0.25, 0.3) is 5.91 Å². The quantitative estimate of drug-likeness (QED) is 0.694. The van der Waals surface area contributed by atoms with E-state index in [1.54, 1.807) is 37.3 Å². The fraction of sp³-hybridized carbons (Fsp3) is 0.318. The molecule has 1 amide bonds. The molecule has 1 aromatic carbocycles. The lowest BCUT2D eigenvalue weighted by atomic mass is 10.0. The summed E-state index contributed by atoms with van der Waals surface area (Å²) in [5.41, 5.74) is 1.45. The Morgan fingerprint density at radius 2 is 1.87 bits per heavy atom. The number of nitrogens with zero attached hydrogens (tertiary/aromatic N) is 4. The number of methoxy groups -OCH3 is 1. The van der Waals surface area contributed by atoms with Crippen LogP contribution in [0.2, 0.25) is 0 Å². The molecule has 3 aromatic rings. The van der Waals surface area contributed by atoms with Gasteiger partial charge in [-0.25, -0.2) is 4.98 Å². The van der Waals surface area contributed by atoms with Crippen LogP contribution < -0.4 is 9.64 Å². The van der Waals surface area contributed by atoms with E-state index in [1.165, 1.54) is 0 Å².